The molecular weight excluding hydrogens is 1200 g/mol. The molecule has 0 aromatic rings. The minimum Gasteiger partial charge on any atom is -0.462 e. The van der Waals surface area contributed by atoms with Crippen LogP contribution in [0.1, 0.15) is 375 Å². The Kier molecular flexibility index (Phi) is 64.0. The first-order valence-electron chi connectivity index (χ1n) is 37.6. The molecule has 0 rings (SSSR count). The lowest BCUT2D eigenvalue weighted by molar-refractivity contribution is -0.161. The third-order valence-electron chi connectivity index (χ3n) is 16.8. The molecule has 2 unspecified atom stereocenters. The normalized spacial score (nSPS) is 14.0. The first kappa shape index (κ1) is 89.1. The number of carbonyl (C=O) groups is 4. The summed E-state index contributed by atoms with van der Waals surface area (Å²) in [4.78, 5) is 72.4. The summed E-state index contributed by atoms with van der Waals surface area (Å²) in [6.45, 7) is 7.16. The SMILES string of the molecule is CCCCCCCCCCCCCCCCCCCCCC(=O)O[C@H](COC(=O)CCCCCCCCCCCCCCCCC)COP(=O)(O)OC[C@@H](O)COP(=O)(O)OC[C@@H](COC(=O)CCCCCCCCC)OC(=O)CCCCCCCCCC(C)C. The van der Waals surface area contributed by atoms with Crippen molar-refractivity contribution in [1.82, 2.24) is 0 Å². The lowest BCUT2D eigenvalue weighted by Crippen LogP contribution is -2.30. The molecule has 91 heavy (non-hydrogen) atoms. The van der Waals surface area contributed by atoms with E-state index in [2.05, 4.69) is 34.6 Å². The number of ether oxygens (including phenoxy) is 4. The topological polar surface area (TPSA) is 237 Å². The van der Waals surface area contributed by atoms with Crippen LogP contribution in [-0.2, 0) is 65.4 Å². The van der Waals surface area contributed by atoms with E-state index in [1.807, 2.05) is 0 Å². The minimum atomic E-state index is -4.95. The van der Waals surface area contributed by atoms with Gasteiger partial charge in [0.05, 0.1) is 26.4 Å². The second-order valence-corrected chi connectivity index (χ2v) is 29.4. The first-order valence-corrected chi connectivity index (χ1v) is 40.6. The second-order valence-electron chi connectivity index (χ2n) is 26.5. The highest BCUT2D eigenvalue weighted by Crippen LogP contribution is 2.45. The molecule has 0 aliphatic heterocycles. The van der Waals surface area contributed by atoms with Gasteiger partial charge in [-0.15, -0.1) is 0 Å². The van der Waals surface area contributed by atoms with Gasteiger partial charge in [-0.25, -0.2) is 9.13 Å². The van der Waals surface area contributed by atoms with Crippen molar-refractivity contribution in [3.8, 4) is 0 Å². The van der Waals surface area contributed by atoms with Crippen molar-refractivity contribution < 1.29 is 80.2 Å². The lowest BCUT2D eigenvalue weighted by atomic mass is 10.0. The van der Waals surface area contributed by atoms with Crippen LogP contribution in [0.25, 0.3) is 0 Å². The molecule has 0 aliphatic carbocycles. The van der Waals surface area contributed by atoms with Crippen molar-refractivity contribution in [1.29, 1.82) is 0 Å². The van der Waals surface area contributed by atoms with Crippen molar-refractivity contribution in [2.45, 2.75) is 393 Å². The Morgan fingerprint density at radius 1 is 0.297 bits per heavy atom. The Morgan fingerprint density at radius 3 is 0.747 bits per heavy atom. The second kappa shape index (κ2) is 65.4. The Bertz CT molecular complexity index is 1750. The van der Waals surface area contributed by atoms with E-state index in [0.717, 1.165) is 103 Å². The van der Waals surface area contributed by atoms with Gasteiger partial charge >= 0.3 is 39.5 Å². The molecule has 0 aliphatic rings. The highest BCUT2D eigenvalue weighted by molar-refractivity contribution is 7.47. The van der Waals surface area contributed by atoms with E-state index < -0.39 is 97.5 Å². The van der Waals surface area contributed by atoms with Gasteiger partial charge in [-0.05, 0) is 31.6 Å². The fraction of sp³-hybridized carbons (Fsp3) is 0.944. The van der Waals surface area contributed by atoms with Crippen LogP contribution in [-0.4, -0.2) is 96.7 Å². The third-order valence-corrected chi connectivity index (χ3v) is 18.7. The summed E-state index contributed by atoms with van der Waals surface area (Å²) in [5, 5.41) is 10.6. The smallest absolute Gasteiger partial charge is 0.462 e. The Balaban J connectivity index is 5.17. The van der Waals surface area contributed by atoms with Crippen molar-refractivity contribution in [2.24, 2.45) is 5.92 Å². The molecule has 0 heterocycles. The van der Waals surface area contributed by atoms with Crippen LogP contribution in [0.4, 0.5) is 0 Å². The Labute approximate surface area is 556 Å². The molecule has 19 heteroatoms. The number of aliphatic hydroxyl groups is 1. The summed E-state index contributed by atoms with van der Waals surface area (Å²) >= 11 is 0. The summed E-state index contributed by atoms with van der Waals surface area (Å²) < 4.78 is 68.2. The molecule has 540 valence electrons. The first-order chi connectivity index (χ1) is 44.0. The minimum absolute atomic E-state index is 0.103. The molecule has 0 radical (unpaired) electrons. The number of rotatable bonds is 72. The fourth-order valence-corrected chi connectivity index (χ4v) is 12.6. The van der Waals surface area contributed by atoms with Gasteiger partial charge in [0.1, 0.15) is 19.3 Å². The van der Waals surface area contributed by atoms with Gasteiger partial charge < -0.3 is 33.8 Å². The van der Waals surface area contributed by atoms with Crippen LogP contribution in [0.5, 0.6) is 0 Å². The average molecular weight is 1340 g/mol. The van der Waals surface area contributed by atoms with Crippen molar-refractivity contribution in [3.05, 3.63) is 0 Å². The van der Waals surface area contributed by atoms with Crippen LogP contribution in [0.3, 0.4) is 0 Å². The molecule has 0 bridgehead atoms. The van der Waals surface area contributed by atoms with Crippen molar-refractivity contribution >= 4 is 39.5 Å². The predicted octanol–water partition coefficient (Wildman–Crippen LogP) is 20.9. The van der Waals surface area contributed by atoms with Crippen LogP contribution >= 0.6 is 15.6 Å². The molecule has 0 spiro atoms. The molecule has 0 aromatic heterocycles. The van der Waals surface area contributed by atoms with Gasteiger partial charge in [-0.3, -0.25) is 37.3 Å². The molecule has 0 fully saturated rings. The molecule has 0 saturated heterocycles. The van der Waals surface area contributed by atoms with Gasteiger partial charge in [0.2, 0.25) is 0 Å². The number of carbonyl (C=O) groups excluding carboxylic acids is 4. The number of hydrogen-bond acceptors (Lipinski definition) is 15. The summed E-state index contributed by atoms with van der Waals surface area (Å²) in [6, 6.07) is 0. The van der Waals surface area contributed by atoms with Gasteiger partial charge in [0.25, 0.3) is 0 Å². The van der Waals surface area contributed by atoms with E-state index >= 15 is 0 Å². The largest absolute Gasteiger partial charge is 0.472 e. The zero-order valence-corrected chi connectivity index (χ0v) is 60.8. The quantitative estimate of drug-likeness (QED) is 0.0222. The molecule has 17 nitrogen and oxygen atoms in total. The van der Waals surface area contributed by atoms with Gasteiger partial charge in [0, 0.05) is 25.7 Å². The Hall–Kier alpha value is -1.94. The van der Waals surface area contributed by atoms with E-state index in [-0.39, 0.29) is 25.7 Å². The highest BCUT2D eigenvalue weighted by atomic mass is 31.2. The monoisotopic (exact) mass is 1340 g/mol. The number of aliphatic hydroxyl groups excluding tert-OH is 1. The lowest BCUT2D eigenvalue weighted by Gasteiger charge is -2.21. The predicted molar refractivity (Wildman–Crippen MR) is 368 cm³/mol. The fourth-order valence-electron chi connectivity index (χ4n) is 11.0. The van der Waals surface area contributed by atoms with Crippen LogP contribution in [0.15, 0.2) is 0 Å². The zero-order valence-electron chi connectivity index (χ0n) is 59.0. The molecule has 0 aromatic carbocycles. The number of phosphoric ester groups is 2. The third kappa shape index (κ3) is 66.5. The molecular formula is C72H140O17P2. The van der Waals surface area contributed by atoms with Crippen LogP contribution < -0.4 is 0 Å². The summed E-state index contributed by atoms with van der Waals surface area (Å²) in [6.07, 6.45) is 53.0. The maximum absolute atomic E-state index is 13.0. The number of unbranched alkanes of at least 4 members (excludes halogenated alkanes) is 44. The number of esters is 4. The van der Waals surface area contributed by atoms with Crippen LogP contribution in [0.2, 0.25) is 0 Å². The van der Waals surface area contributed by atoms with E-state index in [4.69, 9.17) is 37.0 Å². The van der Waals surface area contributed by atoms with E-state index in [1.165, 1.54) is 186 Å². The summed E-state index contributed by atoms with van der Waals surface area (Å²) in [5.74, 6) is -1.43. The van der Waals surface area contributed by atoms with Gasteiger partial charge in [-0.1, -0.05) is 324 Å². The standard InChI is InChI=1S/C72H140O17P2/c1-6-9-12-15-18-20-22-24-26-27-28-29-31-33-35-37-42-47-52-57-71(76)88-68(62-83-70(75)56-51-46-41-36-34-32-30-25-23-21-19-16-13-10-7-2)64-87-91(80,81)85-60-66(73)59-84-90(78,79)86-63-67(61-82-69(74)55-50-45-39-17-14-11-8-3)89-72(77)58-53-48-43-38-40-44-49-54-65(4)5/h65-68,73H,6-64H2,1-5H3,(H,78,79)(H,80,81)/t66-,67+,68+/m0/s1. The van der Waals surface area contributed by atoms with E-state index in [0.29, 0.717) is 31.6 Å². The molecule has 5 atom stereocenters. The Morgan fingerprint density at radius 2 is 0.505 bits per heavy atom. The number of hydrogen-bond donors (Lipinski definition) is 3. The van der Waals surface area contributed by atoms with Gasteiger partial charge in [-0.2, -0.15) is 0 Å². The molecule has 0 amide bonds. The van der Waals surface area contributed by atoms with Crippen molar-refractivity contribution in [2.75, 3.05) is 39.6 Å². The maximum Gasteiger partial charge on any atom is 0.472 e. The zero-order chi connectivity index (χ0) is 67.0. The summed E-state index contributed by atoms with van der Waals surface area (Å²) in [7, 11) is -9.90. The maximum atomic E-state index is 13.0. The average Bonchev–Trinajstić information content (AvgIpc) is 3.37. The highest BCUT2D eigenvalue weighted by Gasteiger charge is 2.30. The molecule has 3 N–H and O–H groups in total. The number of phosphoric acid groups is 2. The van der Waals surface area contributed by atoms with Crippen LogP contribution in [0, 0.1) is 5.92 Å². The molecule has 0 saturated carbocycles. The van der Waals surface area contributed by atoms with E-state index in [1.54, 1.807) is 0 Å². The summed E-state index contributed by atoms with van der Waals surface area (Å²) in [5.41, 5.74) is 0. The van der Waals surface area contributed by atoms with Gasteiger partial charge in [0.15, 0.2) is 12.2 Å². The van der Waals surface area contributed by atoms with Crippen molar-refractivity contribution in [3.63, 3.8) is 0 Å². The van der Waals surface area contributed by atoms with E-state index in [9.17, 15) is 43.2 Å².